The number of aliphatic hydroxyl groups excluding tert-OH is 2. The number of rotatable bonds is 6. The first-order valence-electron chi connectivity index (χ1n) is 5.73. The first-order valence-corrected chi connectivity index (χ1v) is 5.73. The summed E-state index contributed by atoms with van der Waals surface area (Å²) in [5.74, 6) is -0.303. The van der Waals surface area contributed by atoms with E-state index in [4.69, 9.17) is 10.00 Å². The highest BCUT2D eigenvalue weighted by Crippen LogP contribution is 2.36. The van der Waals surface area contributed by atoms with Crippen molar-refractivity contribution in [3.63, 3.8) is 0 Å². The summed E-state index contributed by atoms with van der Waals surface area (Å²) in [6.45, 7) is 1.97. The van der Waals surface area contributed by atoms with Crippen molar-refractivity contribution < 1.29 is 24.9 Å². The van der Waals surface area contributed by atoms with Gasteiger partial charge in [0.05, 0.1) is 25.2 Å². The predicted octanol–water partition coefficient (Wildman–Crippen LogP) is 0.911. The number of hydrogen-bond donors (Lipinski definition) is 3. The maximum Gasteiger partial charge on any atom is 0.163 e. The zero-order valence-electron chi connectivity index (χ0n) is 10.4. The van der Waals surface area contributed by atoms with Crippen LogP contribution in [0.1, 0.15) is 35.4 Å². The van der Waals surface area contributed by atoms with Gasteiger partial charge in [0.1, 0.15) is 12.4 Å². The lowest BCUT2D eigenvalue weighted by Crippen LogP contribution is -2.18. The topological polar surface area (TPSA) is 111 Å². The molecule has 0 aliphatic heterocycles. The highest BCUT2D eigenvalue weighted by atomic mass is 16.5. The van der Waals surface area contributed by atoms with E-state index in [2.05, 4.69) is 0 Å². The number of nitriles is 1. The number of aldehydes is 1. The molecule has 2 unspecified atom stereocenters. The molecule has 0 heterocycles. The first kappa shape index (κ1) is 15.0. The van der Waals surface area contributed by atoms with Gasteiger partial charge in [-0.15, -0.1) is 0 Å². The van der Waals surface area contributed by atoms with Crippen molar-refractivity contribution in [1.82, 2.24) is 0 Å². The van der Waals surface area contributed by atoms with Crippen molar-refractivity contribution in [2.45, 2.75) is 25.6 Å². The van der Waals surface area contributed by atoms with E-state index in [0.717, 1.165) is 0 Å². The van der Waals surface area contributed by atoms with Crippen molar-refractivity contribution in [3.8, 4) is 17.6 Å². The third-order valence-electron chi connectivity index (χ3n) is 2.55. The monoisotopic (exact) mass is 265 g/mol. The van der Waals surface area contributed by atoms with Gasteiger partial charge in [-0.05, 0) is 19.1 Å². The Morgan fingerprint density at radius 3 is 2.68 bits per heavy atom. The molecule has 0 bridgehead atoms. The average Bonchev–Trinajstić information content (AvgIpc) is 2.40. The van der Waals surface area contributed by atoms with E-state index < -0.39 is 12.2 Å². The summed E-state index contributed by atoms with van der Waals surface area (Å²) in [5, 5.41) is 37.9. The summed E-state index contributed by atoms with van der Waals surface area (Å²) in [4.78, 5) is 10.8. The van der Waals surface area contributed by atoms with E-state index in [-0.39, 0.29) is 35.7 Å². The number of hydrogen-bond acceptors (Lipinski definition) is 6. The van der Waals surface area contributed by atoms with E-state index in [9.17, 15) is 20.1 Å². The Bertz CT molecular complexity index is 495. The molecule has 0 amide bonds. The lowest BCUT2D eigenvalue weighted by molar-refractivity contribution is 0.0200. The van der Waals surface area contributed by atoms with Crippen LogP contribution in [0.5, 0.6) is 11.5 Å². The van der Waals surface area contributed by atoms with Crippen molar-refractivity contribution in [1.29, 1.82) is 5.26 Å². The fourth-order valence-corrected chi connectivity index (χ4v) is 1.62. The zero-order chi connectivity index (χ0) is 14.4. The minimum absolute atomic E-state index is 0.0456. The summed E-state index contributed by atoms with van der Waals surface area (Å²) in [5.41, 5.74) is 0.148. The van der Waals surface area contributed by atoms with Gasteiger partial charge in [0, 0.05) is 11.1 Å². The molecular weight excluding hydrogens is 250 g/mol. The quantitative estimate of drug-likeness (QED) is 0.659. The molecule has 6 heteroatoms. The third kappa shape index (κ3) is 3.44. The van der Waals surface area contributed by atoms with E-state index in [1.165, 1.54) is 12.1 Å². The van der Waals surface area contributed by atoms with Crippen LogP contribution in [0.3, 0.4) is 0 Å². The van der Waals surface area contributed by atoms with Gasteiger partial charge in [0.15, 0.2) is 11.5 Å². The molecule has 2 atom stereocenters. The van der Waals surface area contributed by atoms with Gasteiger partial charge in [-0.3, -0.25) is 4.79 Å². The summed E-state index contributed by atoms with van der Waals surface area (Å²) in [7, 11) is 0. The number of nitrogens with zero attached hydrogens (tertiary/aromatic N) is 1. The Morgan fingerprint density at radius 1 is 1.47 bits per heavy atom. The molecule has 0 saturated heterocycles. The van der Waals surface area contributed by atoms with Crippen LogP contribution in [0.2, 0.25) is 0 Å². The molecule has 0 saturated carbocycles. The number of phenols is 1. The highest BCUT2D eigenvalue weighted by Gasteiger charge is 2.24. The molecule has 0 spiro atoms. The van der Waals surface area contributed by atoms with Crippen LogP contribution in [-0.4, -0.2) is 34.3 Å². The second-order valence-electron chi connectivity index (χ2n) is 3.88. The lowest BCUT2D eigenvalue weighted by Gasteiger charge is -2.19. The van der Waals surface area contributed by atoms with Crippen LogP contribution in [0.15, 0.2) is 12.1 Å². The Morgan fingerprint density at radius 2 is 2.16 bits per heavy atom. The predicted molar refractivity (Wildman–Crippen MR) is 65.9 cm³/mol. The van der Waals surface area contributed by atoms with Gasteiger partial charge in [0.25, 0.3) is 0 Å². The van der Waals surface area contributed by atoms with Gasteiger partial charge in [0.2, 0.25) is 0 Å². The molecule has 0 aliphatic rings. The molecule has 102 valence electrons. The van der Waals surface area contributed by atoms with Gasteiger partial charge < -0.3 is 20.1 Å². The average molecular weight is 265 g/mol. The molecule has 0 radical (unpaired) electrons. The van der Waals surface area contributed by atoms with Crippen LogP contribution in [-0.2, 0) is 0 Å². The summed E-state index contributed by atoms with van der Waals surface area (Å²) in [6, 6.07) is 4.29. The van der Waals surface area contributed by atoms with Crippen LogP contribution in [0, 0.1) is 11.3 Å². The van der Waals surface area contributed by atoms with Crippen LogP contribution >= 0.6 is 0 Å². The number of carbonyl (C=O) groups excluding carboxylic acids is 1. The van der Waals surface area contributed by atoms with E-state index in [0.29, 0.717) is 6.29 Å². The maximum atomic E-state index is 10.8. The molecule has 0 fully saturated rings. The molecule has 1 rings (SSSR count). The molecule has 3 N–H and O–H groups in total. The second-order valence-corrected chi connectivity index (χ2v) is 3.88. The first-order chi connectivity index (χ1) is 9.04. The normalized spacial score (nSPS) is 13.4. The molecule has 6 nitrogen and oxygen atoms in total. The molecule has 0 aliphatic carbocycles. The van der Waals surface area contributed by atoms with Crippen LogP contribution in [0.4, 0.5) is 0 Å². The van der Waals surface area contributed by atoms with Gasteiger partial charge in [-0.25, -0.2) is 0 Å². The summed E-state index contributed by atoms with van der Waals surface area (Å²) < 4.78 is 5.14. The van der Waals surface area contributed by atoms with Gasteiger partial charge in [-0.2, -0.15) is 5.26 Å². The SMILES string of the molecule is CCOc1cc(C=O)cc(C(O)C(O)CC#N)c1O. The molecule has 19 heavy (non-hydrogen) atoms. The number of aromatic hydroxyl groups is 1. The summed E-state index contributed by atoms with van der Waals surface area (Å²) in [6.07, 6.45) is -2.59. The lowest BCUT2D eigenvalue weighted by atomic mass is 9.99. The molecular formula is C13H15NO5. The van der Waals surface area contributed by atoms with Crippen LogP contribution in [0.25, 0.3) is 0 Å². The van der Waals surface area contributed by atoms with Crippen molar-refractivity contribution in [2.75, 3.05) is 6.61 Å². The van der Waals surface area contributed by atoms with E-state index in [1.54, 1.807) is 13.0 Å². The highest BCUT2D eigenvalue weighted by molar-refractivity contribution is 5.77. The number of aliphatic hydroxyl groups is 2. The Balaban J connectivity index is 3.21. The minimum Gasteiger partial charge on any atom is -0.504 e. The Hall–Kier alpha value is -2.10. The third-order valence-corrected chi connectivity index (χ3v) is 2.55. The van der Waals surface area contributed by atoms with Crippen LogP contribution < -0.4 is 4.74 Å². The van der Waals surface area contributed by atoms with Crippen molar-refractivity contribution >= 4 is 6.29 Å². The smallest absolute Gasteiger partial charge is 0.163 e. The fraction of sp³-hybridized carbons (Fsp3) is 0.385. The standard InChI is InChI=1S/C13H15NO5/c1-2-19-11-6-8(7-15)5-9(13(11)18)12(17)10(16)3-4-14/h5-7,10,12,16-18H,2-3H2,1H3. The van der Waals surface area contributed by atoms with Crippen molar-refractivity contribution in [3.05, 3.63) is 23.3 Å². The largest absolute Gasteiger partial charge is 0.504 e. The number of carbonyl (C=O) groups is 1. The summed E-state index contributed by atoms with van der Waals surface area (Å²) >= 11 is 0. The Labute approximate surface area is 110 Å². The van der Waals surface area contributed by atoms with E-state index in [1.807, 2.05) is 0 Å². The second kappa shape index (κ2) is 6.73. The number of benzene rings is 1. The maximum absolute atomic E-state index is 10.8. The number of ether oxygens (including phenoxy) is 1. The van der Waals surface area contributed by atoms with Gasteiger partial charge >= 0.3 is 0 Å². The van der Waals surface area contributed by atoms with E-state index >= 15 is 0 Å². The fourth-order valence-electron chi connectivity index (χ4n) is 1.62. The zero-order valence-corrected chi connectivity index (χ0v) is 10.4. The Kier molecular flexibility index (Phi) is 5.30. The molecule has 1 aromatic carbocycles. The minimum atomic E-state index is -1.47. The molecule has 1 aromatic rings. The number of phenolic OH excluding ortho intramolecular Hbond substituents is 1. The van der Waals surface area contributed by atoms with Crippen molar-refractivity contribution in [2.24, 2.45) is 0 Å². The molecule has 0 aromatic heterocycles. The van der Waals surface area contributed by atoms with Gasteiger partial charge in [-0.1, -0.05) is 0 Å².